The highest BCUT2D eigenvalue weighted by Gasteiger charge is 2.29. The number of nitrogens with zero attached hydrogens (tertiary/aromatic N) is 1. The van der Waals surface area contributed by atoms with Gasteiger partial charge in [0.25, 0.3) is 0 Å². The van der Waals surface area contributed by atoms with E-state index in [1.54, 1.807) is 7.05 Å². The van der Waals surface area contributed by atoms with Crippen LogP contribution in [0.15, 0.2) is 0 Å². The number of nitrogens with one attached hydrogen (secondary N) is 1. The third-order valence-corrected chi connectivity index (χ3v) is 2.44. The summed E-state index contributed by atoms with van der Waals surface area (Å²) in [6.45, 7) is 2.80. The number of carbonyl (C=O) groups is 1. The van der Waals surface area contributed by atoms with Crippen LogP contribution in [0, 0.1) is 0 Å². The Labute approximate surface area is 78.1 Å². The minimum absolute atomic E-state index is 0.0208. The predicted octanol–water partition coefficient (Wildman–Crippen LogP) is 0.544. The second-order valence-corrected chi connectivity index (χ2v) is 3.58. The first-order chi connectivity index (χ1) is 5.66. The first kappa shape index (κ1) is 9.45. The summed E-state index contributed by atoms with van der Waals surface area (Å²) in [7, 11) is 1.66. The van der Waals surface area contributed by atoms with Crippen LogP contribution >= 0.6 is 12.2 Å². The molecule has 0 aliphatic carbocycles. The summed E-state index contributed by atoms with van der Waals surface area (Å²) < 4.78 is 0. The van der Waals surface area contributed by atoms with Crippen molar-refractivity contribution in [3.8, 4) is 0 Å². The number of thiocarbonyl (C=S) groups is 1. The Bertz CT molecular complexity index is 205. The fourth-order valence-electron chi connectivity index (χ4n) is 1.58. The summed E-state index contributed by atoms with van der Waals surface area (Å²) in [6.07, 6.45) is 1.99. The summed E-state index contributed by atoms with van der Waals surface area (Å²) >= 11 is 5.05. The maximum atomic E-state index is 11.3. The van der Waals surface area contributed by atoms with Gasteiger partial charge in [0.1, 0.15) is 6.04 Å². The molecule has 0 aromatic heterocycles. The van der Waals surface area contributed by atoms with E-state index in [0.29, 0.717) is 0 Å². The average molecular weight is 186 g/mol. The van der Waals surface area contributed by atoms with Crippen molar-refractivity contribution < 1.29 is 4.79 Å². The highest BCUT2D eigenvalue weighted by Crippen LogP contribution is 2.17. The van der Waals surface area contributed by atoms with Crippen LogP contribution in [0.25, 0.3) is 0 Å². The van der Waals surface area contributed by atoms with Crippen LogP contribution in [-0.2, 0) is 4.79 Å². The number of rotatable bonds is 1. The Morgan fingerprint density at radius 3 is 2.83 bits per heavy atom. The van der Waals surface area contributed by atoms with Gasteiger partial charge in [0.15, 0.2) is 0 Å². The molecular weight excluding hydrogens is 172 g/mol. The lowest BCUT2D eigenvalue weighted by Gasteiger charge is -2.23. The third-order valence-electron chi connectivity index (χ3n) is 2.21. The van der Waals surface area contributed by atoms with E-state index in [9.17, 15) is 4.79 Å². The zero-order valence-electron chi connectivity index (χ0n) is 7.46. The van der Waals surface area contributed by atoms with Crippen molar-refractivity contribution in [2.75, 3.05) is 13.6 Å². The van der Waals surface area contributed by atoms with Crippen LogP contribution in [-0.4, -0.2) is 35.4 Å². The molecule has 1 unspecified atom stereocenters. The van der Waals surface area contributed by atoms with Gasteiger partial charge in [-0.05, 0) is 19.8 Å². The maximum Gasteiger partial charge on any atom is 0.242 e. The smallest absolute Gasteiger partial charge is 0.242 e. The maximum absolute atomic E-state index is 11.3. The minimum atomic E-state index is -0.0208. The van der Waals surface area contributed by atoms with Crippen LogP contribution in [0.4, 0.5) is 0 Å². The lowest BCUT2D eigenvalue weighted by atomic mass is 10.2. The molecule has 0 bridgehead atoms. The predicted molar refractivity (Wildman–Crippen MR) is 52.1 cm³/mol. The van der Waals surface area contributed by atoms with Gasteiger partial charge in [-0.2, -0.15) is 0 Å². The Morgan fingerprint density at radius 2 is 2.33 bits per heavy atom. The second-order valence-electron chi connectivity index (χ2n) is 2.98. The van der Waals surface area contributed by atoms with Gasteiger partial charge in [0.05, 0.1) is 4.99 Å². The van der Waals surface area contributed by atoms with Crippen LogP contribution in [0.3, 0.4) is 0 Å². The van der Waals surface area contributed by atoms with Crippen LogP contribution in [0.2, 0.25) is 0 Å². The van der Waals surface area contributed by atoms with Gasteiger partial charge in [-0.3, -0.25) is 4.79 Å². The number of likely N-dealkylation sites (tertiary alicyclic amines) is 1. The molecule has 1 N–H and O–H groups in total. The molecule has 1 saturated heterocycles. The second kappa shape index (κ2) is 3.85. The standard InChI is InChI=1S/C8H14N2OS/c1-6(12)10-5-3-4-7(10)8(11)9-2/h7H,3-5H2,1-2H3,(H,9,11). The summed E-state index contributed by atoms with van der Waals surface area (Å²) in [5, 5.41) is 2.65. The van der Waals surface area contributed by atoms with E-state index < -0.39 is 0 Å². The first-order valence-electron chi connectivity index (χ1n) is 4.15. The largest absolute Gasteiger partial charge is 0.357 e. The van der Waals surface area contributed by atoms with Gasteiger partial charge < -0.3 is 10.2 Å². The highest BCUT2D eigenvalue weighted by atomic mass is 32.1. The normalized spacial score (nSPS) is 22.5. The molecule has 0 spiro atoms. The van der Waals surface area contributed by atoms with E-state index in [1.807, 2.05) is 11.8 Å². The Morgan fingerprint density at radius 1 is 1.67 bits per heavy atom. The van der Waals surface area contributed by atoms with Gasteiger partial charge in [0, 0.05) is 13.6 Å². The van der Waals surface area contributed by atoms with E-state index in [2.05, 4.69) is 5.32 Å². The van der Waals surface area contributed by atoms with Crippen LogP contribution < -0.4 is 5.32 Å². The van der Waals surface area contributed by atoms with Crippen molar-refractivity contribution in [2.24, 2.45) is 0 Å². The molecule has 3 nitrogen and oxygen atoms in total. The molecule has 4 heteroatoms. The fourth-order valence-corrected chi connectivity index (χ4v) is 1.80. The minimum Gasteiger partial charge on any atom is -0.357 e. The molecule has 1 fully saturated rings. The lowest BCUT2D eigenvalue weighted by Crippen LogP contribution is -2.43. The van der Waals surface area contributed by atoms with Crippen LogP contribution in [0.1, 0.15) is 19.8 Å². The topological polar surface area (TPSA) is 32.3 Å². The third kappa shape index (κ3) is 1.75. The zero-order chi connectivity index (χ0) is 9.14. The molecule has 1 heterocycles. The molecule has 1 amide bonds. The number of likely N-dealkylation sites (N-methyl/N-ethyl adjacent to an activating group) is 1. The monoisotopic (exact) mass is 186 g/mol. The van der Waals surface area contributed by atoms with Crippen molar-refractivity contribution in [1.29, 1.82) is 0 Å². The molecule has 1 aliphatic heterocycles. The van der Waals surface area contributed by atoms with E-state index in [1.165, 1.54) is 0 Å². The van der Waals surface area contributed by atoms with E-state index >= 15 is 0 Å². The van der Waals surface area contributed by atoms with Gasteiger partial charge >= 0.3 is 0 Å². The highest BCUT2D eigenvalue weighted by molar-refractivity contribution is 7.80. The number of carbonyl (C=O) groups excluding carboxylic acids is 1. The first-order valence-corrected chi connectivity index (χ1v) is 4.56. The molecule has 1 rings (SSSR count). The number of amides is 1. The molecule has 0 aromatic rings. The quantitative estimate of drug-likeness (QED) is 0.607. The van der Waals surface area contributed by atoms with E-state index in [0.717, 1.165) is 24.4 Å². The molecule has 1 aliphatic rings. The van der Waals surface area contributed by atoms with Gasteiger partial charge in [-0.1, -0.05) is 12.2 Å². The van der Waals surface area contributed by atoms with Crippen molar-refractivity contribution in [3.63, 3.8) is 0 Å². The molecule has 0 saturated carbocycles. The van der Waals surface area contributed by atoms with E-state index in [4.69, 9.17) is 12.2 Å². The molecule has 1 atom stereocenters. The molecule has 12 heavy (non-hydrogen) atoms. The number of hydrogen-bond donors (Lipinski definition) is 1. The summed E-state index contributed by atoms with van der Waals surface area (Å²) in [4.78, 5) is 14.1. The van der Waals surface area contributed by atoms with Crippen molar-refractivity contribution in [1.82, 2.24) is 10.2 Å². The Kier molecular flexibility index (Phi) is 3.03. The molecule has 0 radical (unpaired) electrons. The van der Waals surface area contributed by atoms with E-state index in [-0.39, 0.29) is 11.9 Å². The van der Waals surface area contributed by atoms with Gasteiger partial charge in [0.2, 0.25) is 5.91 Å². The lowest BCUT2D eigenvalue weighted by molar-refractivity contribution is -0.123. The van der Waals surface area contributed by atoms with Gasteiger partial charge in [-0.15, -0.1) is 0 Å². The van der Waals surface area contributed by atoms with Gasteiger partial charge in [-0.25, -0.2) is 0 Å². The average Bonchev–Trinajstić information content (AvgIpc) is 2.50. The number of hydrogen-bond acceptors (Lipinski definition) is 2. The summed E-state index contributed by atoms with van der Waals surface area (Å²) in [6, 6.07) is -0.0208. The zero-order valence-corrected chi connectivity index (χ0v) is 8.28. The Balaban J connectivity index is 2.63. The fraction of sp³-hybridized carbons (Fsp3) is 0.750. The molecule has 68 valence electrons. The van der Waals surface area contributed by atoms with Crippen molar-refractivity contribution in [3.05, 3.63) is 0 Å². The molecular formula is C8H14N2OS. The summed E-state index contributed by atoms with van der Waals surface area (Å²) in [5.74, 6) is 0.0803. The Hall–Kier alpha value is -0.640. The van der Waals surface area contributed by atoms with Crippen molar-refractivity contribution in [2.45, 2.75) is 25.8 Å². The van der Waals surface area contributed by atoms with Crippen molar-refractivity contribution >= 4 is 23.1 Å². The van der Waals surface area contributed by atoms with Crippen LogP contribution in [0.5, 0.6) is 0 Å². The molecule has 0 aromatic carbocycles. The SMILES string of the molecule is CNC(=O)C1CCCN1C(C)=S. The summed E-state index contributed by atoms with van der Waals surface area (Å²) in [5.41, 5.74) is 0.